The number of fused-ring (bicyclic) bond motifs is 2. The molecule has 3 fully saturated rings. The maximum absolute atomic E-state index is 13.0. The topological polar surface area (TPSA) is 63.7 Å². The highest BCUT2D eigenvalue weighted by atomic mass is 16.6. The third kappa shape index (κ3) is 1.26. The quantitative estimate of drug-likeness (QED) is 0.539. The van der Waals surface area contributed by atoms with Crippen LogP contribution >= 0.6 is 0 Å². The molecule has 5 nitrogen and oxygen atoms in total. The number of cyclic esters (lactones) is 2. The number of rotatable bonds is 1. The number of hydrogen-bond acceptors (Lipinski definition) is 4. The molecular formula is C15H21NO4. The summed E-state index contributed by atoms with van der Waals surface area (Å²) in [5.74, 6) is -1.25. The van der Waals surface area contributed by atoms with Gasteiger partial charge in [0.1, 0.15) is 0 Å². The maximum atomic E-state index is 13.0. The minimum atomic E-state index is -1.18. The van der Waals surface area contributed by atoms with E-state index in [1.165, 1.54) is 0 Å². The lowest BCUT2D eigenvalue weighted by atomic mass is 9.56. The van der Waals surface area contributed by atoms with Crippen molar-refractivity contribution >= 4 is 17.8 Å². The van der Waals surface area contributed by atoms with Crippen molar-refractivity contribution in [1.29, 1.82) is 0 Å². The molecule has 3 rings (SSSR count). The van der Waals surface area contributed by atoms with Crippen molar-refractivity contribution in [3.63, 3.8) is 0 Å². The van der Waals surface area contributed by atoms with Gasteiger partial charge in [-0.3, -0.25) is 14.4 Å². The van der Waals surface area contributed by atoms with Crippen LogP contribution in [0.25, 0.3) is 0 Å². The largest absolute Gasteiger partial charge is 0.392 e. The molecule has 3 aliphatic rings. The summed E-state index contributed by atoms with van der Waals surface area (Å²) in [5, 5.41) is 0. The van der Waals surface area contributed by atoms with Crippen LogP contribution in [0, 0.1) is 16.2 Å². The number of carbonyl (C=O) groups excluding carboxylic acids is 3. The second kappa shape index (κ2) is 3.83. The zero-order valence-corrected chi connectivity index (χ0v) is 12.3. The molecule has 1 amide bonds. The molecule has 1 aliphatic carbocycles. The van der Waals surface area contributed by atoms with Gasteiger partial charge < -0.3 is 9.64 Å². The van der Waals surface area contributed by atoms with Gasteiger partial charge in [0.05, 0.1) is 5.41 Å². The number of hydrogen-bond donors (Lipinski definition) is 0. The lowest BCUT2D eigenvalue weighted by molar-refractivity contribution is -0.198. The Morgan fingerprint density at radius 3 is 2.25 bits per heavy atom. The SMILES string of the molecule is CC12CCC(C(=O)N3CCCC3)(C(=O)OC1=O)C2(C)C. The first-order chi connectivity index (χ1) is 9.27. The molecule has 0 spiro atoms. The first kappa shape index (κ1) is 13.6. The Morgan fingerprint density at radius 1 is 1.05 bits per heavy atom. The second-order valence-corrected chi connectivity index (χ2v) is 7.04. The van der Waals surface area contributed by atoms with E-state index in [-0.39, 0.29) is 5.91 Å². The van der Waals surface area contributed by atoms with Crippen molar-refractivity contribution in [3.05, 3.63) is 0 Å². The van der Waals surface area contributed by atoms with Crippen LogP contribution in [0.5, 0.6) is 0 Å². The summed E-state index contributed by atoms with van der Waals surface area (Å²) in [5.41, 5.74) is -2.64. The minimum absolute atomic E-state index is 0.138. The maximum Gasteiger partial charge on any atom is 0.329 e. The van der Waals surface area contributed by atoms with Gasteiger partial charge in [0, 0.05) is 18.5 Å². The average molecular weight is 279 g/mol. The van der Waals surface area contributed by atoms with Gasteiger partial charge in [0.2, 0.25) is 5.91 Å². The molecule has 1 saturated carbocycles. The molecule has 2 bridgehead atoms. The molecule has 2 atom stereocenters. The van der Waals surface area contributed by atoms with E-state index in [0.29, 0.717) is 25.9 Å². The molecule has 0 radical (unpaired) electrons. The number of likely N-dealkylation sites (tertiary alicyclic amines) is 1. The fraction of sp³-hybridized carbons (Fsp3) is 0.800. The summed E-state index contributed by atoms with van der Waals surface area (Å²) < 4.78 is 4.97. The highest BCUT2D eigenvalue weighted by molar-refractivity contribution is 6.11. The Balaban J connectivity index is 2.09. The normalized spacial score (nSPS) is 39.0. The van der Waals surface area contributed by atoms with E-state index in [1.54, 1.807) is 4.90 Å². The van der Waals surface area contributed by atoms with Gasteiger partial charge in [-0.2, -0.15) is 0 Å². The van der Waals surface area contributed by atoms with Crippen LogP contribution in [0.2, 0.25) is 0 Å². The van der Waals surface area contributed by atoms with Crippen LogP contribution < -0.4 is 0 Å². The van der Waals surface area contributed by atoms with Crippen molar-refractivity contribution in [1.82, 2.24) is 4.90 Å². The van der Waals surface area contributed by atoms with Crippen LogP contribution in [0.15, 0.2) is 0 Å². The Morgan fingerprint density at radius 2 is 1.65 bits per heavy atom. The molecular weight excluding hydrogens is 258 g/mol. The lowest BCUT2D eigenvalue weighted by Gasteiger charge is -2.49. The number of amides is 1. The summed E-state index contributed by atoms with van der Waals surface area (Å²) in [4.78, 5) is 39.3. The van der Waals surface area contributed by atoms with Gasteiger partial charge in [-0.15, -0.1) is 0 Å². The molecule has 110 valence electrons. The highest BCUT2D eigenvalue weighted by Gasteiger charge is 2.75. The summed E-state index contributed by atoms with van der Waals surface area (Å²) in [6.45, 7) is 6.96. The Labute approximate surface area is 118 Å². The van der Waals surface area contributed by atoms with Crippen molar-refractivity contribution in [2.45, 2.75) is 46.5 Å². The molecule has 2 heterocycles. The Hall–Kier alpha value is -1.39. The number of carbonyl (C=O) groups is 3. The molecule has 2 aliphatic heterocycles. The van der Waals surface area contributed by atoms with E-state index in [4.69, 9.17) is 4.74 Å². The van der Waals surface area contributed by atoms with Crippen LogP contribution in [0.3, 0.4) is 0 Å². The van der Waals surface area contributed by atoms with Gasteiger partial charge in [0.15, 0.2) is 5.41 Å². The lowest BCUT2D eigenvalue weighted by Crippen LogP contribution is -2.62. The fourth-order valence-corrected chi connectivity index (χ4v) is 4.18. The summed E-state index contributed by atoms with van der Waals surface area (Å²) in [6.07, 6.45) is 2.90. The van der Waals surface area contributed by atoms with Crippen molar-refractivity contribution in [2.75, 3.05) is 13.1 Å². The number of nitrogens with zero attached hydrogens (tertiary/aromatic N) is 1. The van der Waals surface area contributed by atoms with E-state index < -0.39 is 28.2 Å². The van der Waals surface area contributed by atoms with E-state index in [9.17, 15) is 14.4 Å². The average Bonchev–Trinajstić information content (AvgIpc) is 2.94. The van der Waals surface area contributed by atoms with Crippen molar-refractivity contribution in [2.24, 2.45) is 16.2 Å². The Bertz CT molecular complexity index is 506. The van der Waals surface area contributed by atoms with E-state index in [0.717, 1.165) is 12.8 Å². The molecule has 5 heteroatoms. The zero-order valence-electron chi connectivity index (χ0n) is 12.3. The van der Waals surface area contributed by atoms with Gasteiger partial charge in [-0.05, 0) is 32.6 Å². The molecule has 0 N–H and O–H groups in total. The number of esters is 2. The molecule has 0 aromatic heterocycles. The molecule has 2 saturated heterocycles. The molecule has 0 aromatic rings. The third-order valence-corrected chi connectivity index (χ3v) is 6.19. The Kier molecular flexibility index (Phi) is 2.60. The van der Waals surface area contributed by atoms with Crippen molar-refractivity contribution in [3.8, 4) is 0 Å². The zero-order chi connectivity index (χ0) is 14.8. The van der Waals surface area contributed by atoms with Crippen molar-refractivity contribution < 1.29 is 19.1 Å². The summed E-state index contributed by atoms with van der Waals surface area (Å²) in [7, 11) is 0. The summed E-state index contributed by atoms with van der Waals surface area (Å²) in [6, 6.07) is 0. The standard InChI is InChI=1S/C15H21NO4/c1-13(2)14(3)6-7-15(13,12(19)20-11(14)18)10(17)16-8-4-5-9-16/h4-9H2,1-3H3. The molecule has 20 heavy (non-hydrogen) atoms. The third-order valence-electron chi connectivity index (χ3n) is 6.19. The smallest absolute Gasteiger partial charge is 0.329 e. The molecule has 2 unspecified atom stereocenters. The highest BCUT2D eigenvalue weighted by Crippen LogP contribution is 2.66. The minimum Gasteiger partial charge on any atom is -0.392 e. The number of ether oxygens (including phenoxy) is 1. The summed E-state index contributed by atoms with van der Waals surface area (Å²) >= 11 is 0. The first-order valence-corrected chi connectivity index (χ1v) is 7.33. The van der Waals surface area contributed by atoms with Gasteiger partial charge >= 0.3 is 11.9 Å². The fourth-order valence-electron chi connectivity index (χ4n) is 4.18. The first-order valence-electron chi connectivity index (χ1n) is 7.33. The monoisotopic (exact) mass is 279 g/mol. The van der Waals surface area contributed by atoms with Crippen LogP contribution in [-0.2, 0) is 19.1 Å². The van der Waals surface area contributed by atoms with Gasteiger partial charge in [0.25, 0.3) is 0 Å². The van der Waals surface area contributed by atoms with Crippen LogP contribution in [-0.4, -0.2) is 35.8 Å². The van der Waals surface area contributed by atoms with E-state index >= 15 is 0 Å². The molecule has 0 aromatic carbocycles. The van der Waals surface area contributed by atoms with E-state index in [1.807, 2.05) is 20.8 Å². The van der Waals surface area contributed by atoms with E-state index in [2.05, 4.69) is 0 Å². The predicted molar refractivity (Wildman–Crippen MR) is 70.5 cm³/mol. The second-order valence-electron chi connectivity index (χ2n) is 7.04. The predicted octanol–water partition coefficient (Wildman–Crippen LogP) is 1.50. The van der Waals surface area contributed by atoms with Gasteiger partial charge in [-0.25, -0.2) is 0 Å². The van der Waals surface area contributed by atoms with Crippen LogP contribution in [0.4, 0.5) is 0 Å². The van der Waals surface area contributed by atoms with Crippen LogP contribution in [0.1, 0.15) is 46.5 Å². The van der Waals surface area contributed by atoms with Gasteiger partial charge in [-0.1, -0.05) is 13.8 Å².